The molecule has 2 aromatic rings. The van der Waals surface area contributed by atoms with Crippen LogP contribution in [0.4, 0.5) is 0 Å². The lowest BCUT2D eigenvalue weighted by Gasteiger charge is -2.14. The predicted molar refractivity (Wildman–Crippen MR) is 79.1 cm³/mol. The molecule has 0 saturated carbocycles. The van der Waals surface area contributed by atoms with Crippen molar-refractivity contribution in [3.8, 4) is 5.75 Å². The van der Waals surface area contributed by atoms with Crippen molar-refractivity contribution in [1.82, 2.24) is 0 Å². The molecule has 1 unspecified atom stereocenters. The quantitative estimate of drug-likeness (QED) is 0.720. The second-order valence-corrected chi connectivity index (χ2v) is 5.63. The average molecular weight is 281 g/mol. The van der Waals surface area contributed by atoms with Crippen LogP contribution >= 0.6 is 22.9 Å². The Bertz CT molecular complexity index is 533. The molecule has 1 atom stereocenters. The van der Waals surface area contributed by atoms with E-state index in [0.29, 0.717) is 0 Å². The summed E-state index contributed by atoms with van der Waals surface area (Å²) in [7, 11) is 1.68. The summed E-state index contributed by atoms with van der Waals surface area (Å²) < 4.78 is 5.22. The lowest BCUT2D eigenvalue weighted by atomic mass is 10.0. The standard InChI is InChI=1S/C15H17ClOS/c1-4-11-7-8-18-15(11)14(16)13-6-5-12(17-3)9-10(13)2/h5-9,14H,4H2,1-3H3. The summed E-state index contributed by atoms with van der Waals surface area (Å²) in [4.78, 5) is 1.26. The van der Waals surface area contributed by atoms with Crippen LogP contribution in [0.25, 0.3) is 0 Å². The first-order chi connectivity index (χ1) is 8.67. The van der Waals surface area contributed by atoms with Crippen molar-refractivity contribution in [1.29, 1.82) is 0 Å². The Hall–Kier alpha value is -0.990. The molecule has 3 heteroatoms. The van der Waals surface area contributed by atoms with Crippen molar-refractivity contribution in [2.24, 2.45) is 0 Å². The fourth-order valence-electron chi connectivity index (χ4n) is 2.06. The third-order valence-electron chi connectivity index (χ3n) is 3.14. The third-order valence-corrected chi connectivity index (χ3v) is 4.75. The lowest BCUT2D eigenvalue weighted by Crippen LogP contribution is -1.97. The third kappa shape index (κ3) is 2.55. The number of aryl methyl sites for hydroxylation is 2. The Labute approximate surface area is 117 Å². The van der Waals surface area contributed by atoms with Crippen LogP contribution in [0.2, 0.25) is 0 Å². The van der Waals surface area contributed by atoms with Gasteiger partial charge in [0.25, 0.3) is 0 Å². The molecule has 0 aliphatic heterocycles. The summed E-state index contributed by atoms with van der Waals surface area (Å²) in [5.74, 6) is 0.877. The highest BCUT2D eigenvalue weighted by molar-refractivity contribution is 7.10. The zero-order valence-electron chi connectivity index (χ0n) is 10.9. The van der Waals surface area contributed by atoms with E-state index >= 15 is 0 Å². The Morgan fingerprint density at radius 2 is 2.11 bits per heavy atom. The molecule has 18 heavy (non-hydrogen) atoms. The Morgan fingerprint density at radius 3 is 2.72 bits per heavy atom. The molecule has 1 aromatic heterocycles. The number of hydrogen-bond acceptors (Lipinski definition) is 2. The maximum atomic E-state index is 6.63. The van der Waals surface area contributed by atoms with Gasteiger partial charge < -0.3 is 4.74 Å². The molecule has 2 rings (SSSR count). The maximum Gasteiger partial charge on any atom is 0.119 e. The molecule has 0 N–H and O–H groups in total. The Morgan fingerprint density at radius 1 is 1.33 bits per heavy atom. The van der Waals surface area contributed by atoms with E-state index in [-0.39, 0.29) is 5.38 Å². The molecule has 0 radical (unpaired) electrons. The van der Waals surface area contributed by atoms with Gasteiger partial charge in [0.1, 0.15) is 5.75 Å². The van der Waals surface area contributed by atoms with Gasteiger partial charge in [-0.15, -0.1) is 22.9 Å². The van der Waals surface area contributed by atoms with Crippen molar-refractivity contribution in [3.63, 3.8) is 0 Å². The van der Waals surface area contributed by atoms with E-state index in [1.54, 1.807) is 18.4 Å². The molecule has 0 amide bonds. The van der Waals surface area contributed by atoms with E-state index in [4.69, 9.17) is 16.3 Å². The summed E-state index contributed by atoms with van der Waals surface area (Å²) in [6.07, 6.45) is 1.03. The van der Waals surface area contributed by atoms with Crippen molar-refractivity contribution in [2.45, 2.75) is 25.6 Å². The van der Waals surface area contributed by atoms with Crippen LogP contribution in [-0.2, 0) is 6.42 Å². The second kappa shape index (κ2) is 5.77. The molecular weight excluding hydrogens is 264 g/mol. The van der Waals surface area contributed by atoms with Gasteiger partial charge in [-0.1, -0.05) is 13.0 Å². The second-order valence-electron chi connectivity index (χ2n) is 4.25. The molecule has 0 aliphatic carbocycles. The van der Waals surface area contributed by atoms with Gasteiger partial charge in [-0.3, -0.25) is 0 Å². The van der Waals surface area contributed by atoms with Crippen molar-refractivity contribution in [2.75, 3.05) is 7.11 Å². The number of rotatable bonds is 4. The highest BCUT2D eigenvalue weighted by Gasteiger charge is 2.17. The van der Waals surface area contributed by atoms with Crippen LogP contribution in [0, 0.1) is 6.92 Å². The highest BCUT2D eigenvalue weighted by atomic mass is 35.5. The van der Waals surface area contributed by atoms with Gasteiger partial charge in [-0.2, -0.15) is 0 Å². The van der Waals surface area contributed by atoms with Crippen molar-refractivity contribution < 1.29 is 4.74 Å². The van der Waals surface area contributed by atoms with E-state index in [1.807, 2.05) is 12.1 Å². The van der Waals surface area contributed by atoms with E-state index < -0.39 is 0 Å². The molecule has 96 valence electrons. The van der Waals surface area contributed by atoms with Gasteiger partial charge in [0, 0.05) is 4.88 Å². The largest absolute Gasteiger partial charge is 0.497 e. The monoisotopic (exact) mass is 280 g/mol. The predicted octanol–water partition coefficient (Wildman–Crippen LogP) is 4.96. The minimum Gasteiger partial charge on any atom is -0.497 e. The SMILES string of the molecule is CCc1ccsc1C(Cl)c1ccc(OC)cc1C. The highest BCUT2D eigenvalue weighted by Crippen LogP contribution is 2.37. The minimum atomic E-state index is -0.0640. The maximum absolute atomic E-state index is 6.63. The van der Waals surface area contributed by atoms with Crippen LogP contribution < -0.4 is 4.74 Å². The zero-order valence-corrected chi connectivity index (χ0v) is 12.4. The fraction of sp³-hybridized carbons (Fsp3) is 0.333. The molecule has 1 heterocycles. The summed E-state index contributed by atoms with van der Waals surface area (Å²) >= 11 is 8.36. The number of benzene rings is 1. The van der Waals surface area contributed by atoms with Crippen LogP contribution in [0.15, 0.2) is 29.6 Å². The number of halogens is 1. The number of ether oxygens (including phenoxy) is 1. The normalized spacial score (nSPS) is 12.4. The molecule has 0 bridgehead atoms. The van der Waals surface area contributed by atoms with Crippen LogP contribution in [-0.4, -0.2) is 7.11 Å². The molecule has 1 aromatic carbocycles. The molecule has 0 saturated heterocycles. The van der Waals surface area contributed by atoms with Crippen molar-refractivity contribution >= 4 is 22.9 Å². The summed E-state index contributed by atoms with van der Waals surface area (Å²) in [5, 5.41) is 2.05. The van der Waals surface area contributed by atoms with Gasteiger partial charge in [-0.25, -0.2) is 0 Å². The van der Waals surface area contributed by atoms with E-state index in [1.165, 1.54) is 16.0 Å². The van der Waals surface area contributed by atoms with E-state index in [9.17, 15) is 0 Å². The van der Waals surface area contributed by atoms with Gasteiger partial charge in [0.2, 0.25) is 0 Å². The average Bonchev–Trinajstić information content (AvgIpc) is 2.86. The molecule has 0 spiro atoms. The van der Waals surface area contributed by atoms with Gasteiger partial charge >= 0.3 is 0 Å². The van der Waals surface area contributed by atoms with Gasteiger partial charge in [0.15, 0.2) is 0 Å². The fourth-order valence-corrected chi connectivity index (χ4v) is 3.59. The number of thiophene rings is 1. The van der Waals surface area contributed by atoms with Crippen molar-refractivity contribution in [3.05, 3.63) is 51.2 Å². The van der Waals surface area contributed by atoms with Crippen LogP contribution in [0.1, 0.15) is 33.9 Å². The Kier molecular flexibility index (Phi) is 4.31. The molecule has 1 nitrogen and oxygen atoms in total. The summed E-state index contributed by atoms with van der Waals surface area (Å²) in [5.41, 5.74) is 3.68. The minimum absolute atomic E-state index is 0.0640. The lowest BCUT2D eigenvalue weighted by molar-refractivity contribution is 0.414. The van der Waals surface area contributed by atoms with Gasteiger partial charge in [0.05, 0.1) is 12.5 Å². The zero-order chi connectivity index (χ0) is 13.1. The number of alkyl halides is 1. The molecular formula is C15H17ClOS. The number of hydrogen-bond donors (Lipinski definition) is 0. The molecule has 0 aliphatic rings. The summed E-state index contributed by atoms with van der Waals surface area (Å²) in [6.45, 7) is 4.24. The van der Waals surface area contributed by atoms with Crippen LogP contribution in [0.5, 0.6) is 5.75 Å². The van der Waals surface area contributed by atoms with E-state index in [0.717, 1.165) is 17.7 Å². The van der Waals surface area contributed by atoms with Gasteiger partial charge in [-0.05, 0) is 53.6 Å². The first kappa shape index (κ1) is 13.4. The smallest absolute Gasteiger partial charge is 0.119 e. The first-order valence-corrected chi connectivity index (χ1v) is 7.33. The van der Waals surface area contributed by atoms with E-state index in [2.05, 4.69) is 31.4 Å². The topological polar surface area (TPSA) is 9.23 Å². The number of methoxy groups -OCH3 is 1. The molecule has 0 fully saturated rings. The van der Waals surface area contributed by atoms with Crippen LogP contribution in [0.3, 0.4) is 0 Å². The Balaban J connectivity index is 2.37. The first-order valence-electron chi connectivity index (χ1n) is 6.02. The summed E-state index contributed by atoms with van der Waals surface area (Å²) in [6, 6.07) is 8.22.